The lowest BCUT2D eigenvalue weighted by atomic mass is 9.84. The molecule has 1 atom stereocenters. The average Bonchev–Trinajstić information content (AvgIpc) is 2.35. The molecule has 0 saturated carbocycles. The molecule has 2 heteroatoms. The first-order valence-corrected chi connectivity index (χ1v) is 7.28. The molecule has 0 bridgehead atoms. The Morgan fingerprint density at radius 3 is 2.11 bits per heavy atom. The van der Waals surface area contributed by atoms with Crippen LogP contribution in [0.5, 0.6) is 0 Å². The molecule has 0 amide bonds. The molecule has 0 fully saturated rings. The van der Waals surface area contributed by atoms with Crippen LogP contribution in [-0.4, -0.2) is 30.6 Å². The van der Waals surface area contributed by atoms with Crippen molar-refractivity contribution in [2.45, 2.75) is 46.1 Å². The third-order valence-corrected chi connectivity index (χ3v) is 3.94. The summed E-state index contributed by atoms with van der Waals surface area (Å²) in [6.07, 6.45) is 2.10. The molecule has 0 saturated heterocycles. The van der Waals surface area contributed by atoms with Crippen molar-refractivity contribution >= 4 is 0 Å². The predicted octanol–water partition coefficient (Wildman–Crippen LogP) is 3.31. The van der Waals surface area contributed by atoms with Gasteiger partial charge in [0.25, 0.3) is 0 Å². The van der Waals surface area contributed by atoms with Crippen LogP contribution in [0.2, 0.25) is 0 Å². The normalized spacial score (nSPS) is 15.5. The van der Waals surface area contributed by atoms with Crippen molar-refractivity contribution in [2.75, 3.05) is 20.1 Å². The maximum Gasteiger partial charge on any atom is 0.0366 e. The number of nitrogens with zero attached hydrogens (tertiary/aromatic N) is 1. The summed E-state index contributed by atoms with van der Waals surface area (Å²) >= 11 is 0. The molecule has 1 unspecified atom stereocenters. The lowest BCUT2D eigenvalue weighted by molar-refractivity contribution is 0.0820. The Morgan fingerprint density at radius 2 is 1.68 bits per heavy atom. The van der Waals surface area contributed by atoms with Crippen molar-refractivity contribution < 1.29 is 0 Å². The minimum atomic E-state index is 0.0641. The smallest absolute Gasteiger partial charge is 0.0366 e. The highest BCUT2D eigenvalue weighted by molar-refractivity contribution is 5.18. The van der Waals surface area contributed by atoms with Gasteiger partial charge in [-0.3, -0.25) is 4.90 Å². The highest BCUT2D eigenvalue weighted by atomic mass is 15.2. The molecule has 1 rings (SSSR count). The Hall–Kier alpha value is -0.860. The fourth-order valence-corrected chi connectivity index (χ4v) is 2.76. The molecule has 0 radical (unpaired) electrons. The summed E-state index contributed by atoms with van der Waals surface area (Å²) < 4.78 is 0. The monoisotopic (exact) mass is 262 g/mol. The van der Waals surface area contributed by atoms with Gasteiger partial charge in [-0.25, -0.2) is 0 Å². The second-order valence-electron chi connectivity index (χ2n) is 6.86. The number of rotatable bonds is 6. The van der Waals surface area contributed by atoms with Crippen LogP contribution in [0.3, 0.4) is 0 Å². The maximum absolute atomic E-state index is 6.14. The molecule has 1 aromatic carbocycles. The van der Waals surface area contributed by atoms with Gasteiger partial charge < -0.3 is 5.73 Å². The number of hydrogen-bond donors (Lipinski definition) is 1. The van der Waals surface area contributed by atoms with Gasteiger partial charge in [-0.1, -0.05) is 58.0 Å². The predicted molar refractivity (Wildman–Crippen MR) is 84.3 cm³/mol. The first-order valence-electron chi connectivity index (χ1n) is 7.28. The molecular weight excluding hydrogens is 232 g/mol. The van der Waals surface area contributed by atoms with E-state index < -0.39 is 0 Å². The van der Waals surface area contributed by atoms with E-state index in [1.54, 1.807) is 0 Å². The van der Waals surface area contributed by atoms with Crippen LogP contribution in [0.15, 0.2) is 30.3 Å². The van der Waals surface area contributed by atoms with Crippen molar-refractivity contribution in [3.8, 4) is 0 Å². The Balaban J connectivity index is 2.90. The Kier molecular flexibility index (Phi) is 5.57. The molecule has 0 aliphatic heterocycles. The van der Waals surface area contributed by atoms with Crippen LogP contribution < -0.4 is 5.73 Å². The molecule has 0 aliphatic carbocycles. The molecule has 0 heterocycles. The SMILES string of the molecule is CCC(CN)(Cc1ccccc1)N(C)CC(C)(C)C. The van der Waals surface area contributed by atoms with E-state index in [2.05, 4.69) is 70.0 Å². The number of hydrogen-bond acceptors (Lipinski definition) is 2. The van der Waals surface area contributed by atoms with Gasteiger partial charge in [0.15, 0.2) is 0 Å². The first kappa shape index (κ1) is 16.2. The van der Waals surface area contributed by atoms with E-state index in [-0.39, 0.29) is 5.54 Å². The molecule has 108 valence electrons. The number of likely N-dealkylation sites (N-methyl/N-ethyl adjacent to an activating group) is 1. The highest BCUT2D eigenvalue weighted by Crippen LogP contribution is 2.26. The standard InChI is InChI=1S/C17H30N2/c1-6-17(13-18,19(5)14-16(2,3)4)12-15-10-8-7-9-11-15/h7-11H,6,12-14,18H2,1-5H3. The molecule has 0 aliphatic rings. The zero-order chi connectivity index (χ0) is 14.5. The largest absolute Gasteiger partial charge is 0.329 e. The van der Waals surface area contributed by atoms with Gasteiger partial charge in [-0.05, 0) is 30.9 Å². The van der Waals surface area contributed by atoms with Crippen molar-refractivity contribution in [1.29, 1.82) is 0 Å². The Bertz CT molecular complexity index is 361. The fourth-order valence-electron chi connectivity index (χ4n) is 2.76. The first-order chi connectivity index (χ1) is 8.83. The molecule has 19 heavy (non-hydrogen) atoms. The van der Waals surface area contributed by atoms with Crippen molar-refractivity contribution in [1.82, 2.24) is 4.90 Å². The van der Waals surface area contributed by atoms with Crippen molar-refractivity contribution in [2.24, 2.45) is 11.1 Å². The van der Waals surface area contributed by atoms with E-state index in [1.807, 2.05) is 0 Å². The molecule has 0 spiro atoms. The Morgan fingerprint density at radius 1 is 1.11 bits per heavy atom. The number of benzene rings is 1. The quantitative estimate of drug-likeness (QED) is 0.852. The summed E-state index contributed by atoms with van der Waals surface area (Å²) in [7, 11) is 2.21. The molecular formula is C17H30N2. The summed E-state index contributed by atoms with van der Waals surface area (Å²) in [5, 5.41) is 0. The van der Waals surface area contributed by atoms with Crippen LogP contribution >= 0.6 is 0 Å². The Labute approximate surface area is 119 Å². The van der Waals surface area contributed by atoms with Gasteiger partial charge in [-0.15, -0.1) is 0 Å². The lowest BCUT2D eigenvalue weighted by Gasteiger charge is -2.43. The van der Waals surface area contributed by atoms with Crippen LogP contribution in [0.1, 0.15) is 39.7 Å². The number of nitrogens with two attached hydrogens (primary N) is 1. The van der Waals surface area contributed by atoms with Gasteiger partial charge in [0.1, 0.15) is 0 Å². The van der Waals surface area contributed by atoms with Gasteiger partial charge in [-0.2, -0.15) is 0 Å². The van der Waals surface area contributed by atoms with Crippen molar-refractivity contribution in [3.63, 3.8) is 0 Å². The second-order valence-corrected chi connectivity index (χ2v) is 6.86. The third-order valence-electron chi connectivity index (χ3n) is 3.94. The zero-order valence-corrected chi connectivity index (χ0v) is 13.2. The van der Waals surface area contributed by atoms with E-state index >= 15 is 0 Å². The topological polar surface area (TPSA) is 29.3 Å². The van der Waals surface area contributed by atoms with Gasteiger partial charge in [0, 0.05) is 18.6 Å². The van der Waals surface area contributed by atoms with Crippen LogP contribution in [0.25, 0.3) is 0 Å². The van der Waals surface area contributed by atoms with Gasteiger partial charge in [0.05, 0.1) is 0 Å². The molecule has 1 aromatic rings. The zero-order valence-electron chi connectivity index (χ0n) is 13.2. The lowest BCUT2D eigenvalue weighted by Crippen LogP contribution is -2.55. The summed E-state index contributed by atoms with van der Waals surface area (Å²) in [5.41, 5.74) is 7.87. The molecule has 2 nitrogen and oxygen atoms in total. The fraction of sp³-hybridized carbons (Fsp3) is 0.647. The summed E-state index contributed by atoms with van der Waals surface area (Å²) in [6, 6.07) is 10.7. The highest BCUT2D eigenvalue weighted by Gasteiger charge is 2.33. The molecule has 0 aromatic heterocycles. The van der Waals surface area contributed by atoms with Crippen LogP contribution in [0.4, 0.5) is 0 Å². The average molecular weight is 262 g/mol. The second kappa shape index (κ2) is 6.53. The van der Waals surface area contributed by atoms with Crippen molar-refractivity contribution in [3.05, 3.63) is 35.9 Å². The summed E-state index contributed by atoms with van der Waals surface area (Å²) in [5.74, 6) is 0. The van der Waals surface area contributed by atoms with E-state index in [0.717, 1.165) is 19.4 Å². The van der Waals surface area contributed by atoms with Gasteiger partial charge >= 0.3 is 0 Å². The maximum atomic E-state index is 6.14. The van der Waals surface area contributed by atoms with E-state index in [1.165, 1.54) is 5.56 Å². The van der Waals surface area contributed by atoms with Gasteiger partial charge in [0.2, 0.25) is 0 Å². The minimum Gasteiger partial charge on any atom is -0.329 e. The van der Waals surface area contributed by atoms with E-state index in [9.17, 15) is 0 Å². The van der Waals surface area contributed by atoms with E-state index in [0.29, 0.717) is 12.0 Å². The summed E-state index contributed by atoms with van der Waals surface area (Å²) in [6.45, 7) is 10.8. The third kappa shape index (κ3) is 4.63. The molecule has 2 N–H and O–H groups in total. The minimum absolute atomic E-state index is 0.0641. The summed E-state index contributed by atoms with van der Waals surface area (Å²) in [4.78, 5) is 2.46. The van der Waals surface area contributed by atoms with Crippen LogP contribution in [0, 0.1) is 5.41 Å². The van der Waals surface area contributed by atoms with E-state index in [4.69, 9.17) is 5.73 Å². The van der Waals surface area contributed by atoms with Crippen LogP contribution in [-0.2, 0) is 6.42 Å².